The van der Waals surface area contributed by atoms with E-state index in [4.69, 9.17) is 0 Å². The van der Waals surface area contributed by atoms with Gasteiger partial charge in [0.25, 0.3) is 0 Å². The molecule has 1 nitrogen and oxygen atoms in total. The maximum absolute atomic E-state index is 2.82. The normalized spacial score (nSPS) is 20.1. The monoisotopic (exact) mass is 505 g/mol. The van der Waals surface area contributed by atoms with E-state index in [0.29, 0.717) is 23.9 Å². The van der Waals surface area contributed by atoms with Crippen molar-refractivity contribution in [2.45, 2.75) is 104 Å². The molecule has 3 aromatic rings. The zero-order chi connectivity index (χ0) is 26.8. The average Bonchev–Trinajstić information content (AvgIpc) is 2.92. The van der Waals surface area contributed by atoms with E-state index in [-0.39, 0.29) is 0 Å². The quantitative estimate of drug-likeness (QED) is 0.261. The summed E-state index contributed by atoms with van der Waals surface area (Å²) in [5.41, 5.74) is 13.3. The summed E-state index contributed by atoms with van der Waals surface area (Å²) in [7, 11) is 0. The van der Waals surface area contributed by atoms with Gasteiger partial charge in [-0.2, -0.15) is 0 Å². The highest BCUT2D eigenvalue weighted by atomic mass is 15.2. The van der Waals surface area contributed by atoms with Gasteiger partial charge in [0.1, 0.15) is 0 Å². The minimum absolute atomic E-state index is 0.325. The highest BCUT2D eigenvalue weighted by molar-refractivity contribution is 5.86. The lowest BCUT2D eigenvalue weighted by Crippen LogP contribution is -2.47. The van der Waals surface area contributed by atoms with E-state index in [0.717, 1.165) is 6.42 Å². The average molecular weight is 506 g/mol. The fourth-order valence-corrected chi connectivity index (χ4v) is 7.30. The largest absolute Gasteiger partial charge is 0.357 e. The molecule has 0 radical (unpaired) electrons. The van der Waals surface area contributed by atoms with E-state index in [9.17, 15) is 0 Å². The molecule has 0 saturated heterocycles. The number of benzene rings is 3. The molecule has 0 spiro atoms. The van der Waals surface area contributed by atoms with Crippen molar-refractivity contribution in [1.29, 1.82) is 0 Å². The van der Waals surface area contributed by atoms with Crippen LogP contribution in [-0.2, 0) is 6.42 Å². The van der Waals surface area contributed by atoms with Gasteiger partial charge in [0.2, 0.25) is 0 Å². The van der Waals surface area contributed by atoms with Crippen LogP contribution in [0, 0.1) is 12.8 Å². The molecule has 0 aliphatic carbocycles. The molecule has 0 amide bonds. The standard InChI is InChI=1S/C37H47N/c1-7-10-12-15-27-21-26(6)37-31(8-2)34(9-3)38-35-19-18-29(28-16-13-11-14-17-28)23-32(35)30(20-25(4)5)24-36(38)33(37)22-27/h11,13-14,16-19,21-25,31,34,36H,7-10,12,15,20H2,1-6H3. The SMILES string of the molecule is CCCCCc1cc(C)c2c(c1)C1C=C(CC(C)C)c3cc(-c4ccccc4)ccc3N1C(CC)C2CC. The predicted molar refractivity (Wildman–Crippen MR) is 166 cm³/mol. The van der Waals surface area contributed by atoms with Crippen LogP contribution >= 0.6 is 0 Å². The van der Waals surface area contributed by atoms with Gasteiger partial charge >= 0.3 is 0 Å². The summed E-state index contributed by atoms with van der Waals surface area (Å²) in [5, 5.41) is 0. The van der Waals surface area contributed by atoms with E-state index in [1.54, 1.807) is 11.1 Å². The third kappa shape index (κ3) is 4.97. The number of nitrogens with zero attached hydrogens (tertiary/aromatic N) is 1. The lowest BCUT2D eigenvalue weighted by atomic mass is 9.72. The minimum atomic E-state index is 0.325. The summed E-state index contributed by atoms with van der Waals surface area (Å²) in [6.45, 7) is 14.2. The van der Waals surface area contributed by atoms with Crippen molar-refractivity contribution in [3.05, 3.63) is 94.6 Å². The number of hydrogen-bond donors (Lipinski definition) is 0. The van der Waals surface area contributed by atoms with Gasteiger partial charge in [-0.1, -0.05) is 102 Å². The molecule has 2 heterocycles. The number of unbranched alkanes of at least 4 members (excludes halogenated alkanes) is 2. The summed E-state index contributed by atoms with van der Waals surface area (Å²) in [4.78, 5) is 2.82. The Bertz CT molecular complexity index is 1280. The van der Waals surface area contributed by atoms with Crippen LogP contribution in [0.15, 0.2) is 66.7 Å². The number of fused-ring (bicyclic) bond motifs is 5. The molecule has 2 aliphatic heterocycles. The highest BCUT2D eigenvalue weighted by Gasteiger charge is 2.42. The number of anilines is 1. The first-order valence-corrected chi connectivity index (χ1v) is 15.3. The molecule has 200 valence electrons. The van der Waals surface area contributed by atoms with Crippen LogP contribution in [0.25, 0.3) is 16.7 Å². The number of aryl methyl sites for hydroxylation is 2. The smallest absolute Gasteiger partial charge is 0.0739 e. The highest BCUT2D eigenvalue weighted by Crippen LogP contribution is 2.53. The second-order valence-electron chi connectivity index (χ2n) is 12.1. The first-order chi connectivity index (χ1) is 18.5. The van der Waals surface area contributed by atoms with E-state index in [2.05, 4.69) is 113 Å². The van der Waals surface area contributed by atoms with Gasteiger partial charge in [0, 0.05) is 23.2 Å². The first kappa shape index (κ1) is 26.8. The maximum Gasteiger partial charge on any atom is 0.0739 e. The Kier molecular flexibility index (Phi) is 8.12. The number of rotatable bonds is 9. The molecule has 0 saturated carbocycles. The topological polar surface area (TPSA) is 3.24 Å². The maximum atomic E-state index is 2.82. The van der Waals surface area contributed by atoms with Gasteiger partial charge in [0.15, 0.2) is 0 Å². The Morgan fingerprint density at radius 2 is 1.63 bits per heavy atom. The second kappa shape index (κ2) is 11.5. The molecule has 3 atom stereocenters. The van der Waals surface area contributed by atoms with Crippen LogP contribution in [0.5, 0.6) is 0 Å². The Morgan fingerprint density at radius 3 is 2.32 bits per heavy atom. The van der Waals surface area contributed by atoms with Gasteiger partial charge in [-0.3, -0.25) is 0 Å². The summed E-state index contributed by atoms with van der Waals surface area (Å²) >= 11 is 0. The zero-order valence-corrected chi connectivity index (χ0v) is 24.6. The Hall–Kier alpha value is -2.80. The Labute approximate surface area is 232 Å². The van der Waals surface area contributed by atoms with Gasteiger partial charge < -0.3 is 4.90 Å². The summed E-state index contributed by atoms with van der Waals surface area (Å²) < 4.78 is 0. The Morgan fingerprint density at radius 1 is 0.842 bits per heavy atom. The van der Waals surface area contributed by atoms with Gasteiger partial charge in [-0.15, -0.1) is 0 Å². The van der Waals surface area contributed by atoms with E-state index >= 15 is 0 Å². The van der Waals surface area contributed by atoms with Crippen molar-refractivity contribution in [3.8, 4) is 11.1 Å². The van der Waals surface area contributed by atoms with Crippen molar-refractivity contribution in [1.82, 2.24) is 0 Å². The first-order valence-electron chi connectivity index (χ1n) is 15.3. The van der Waals surface area contributed by atoms with Crippen LogP contribution in [-0.4, -0.2) is 6.04 Å². The molecule has 5 rings (SSSR count). The van der Waals surface area contributed by atoms with Crippen LogP contribution in [0.2, 0.25) is 0 Å². The number of allylic oxidation sites excluding steroid dienone is 1. The molecule has 0 bridgehead atoms. The Balaban J connectivity index is 1.69. The van der Waals surface area contributed by atoms with Crippen LogP contribution in [0.1, 0.15) is 113 Å². The molecule has 0 N–H and O–H groups in total. The van der Waals surface area contributed by atoms with Crippen LogP contribution in [0.4, 0.5) is 5.69 Å². The molecular formula is C37H47N. The van der Waals surface area contributed by atoms with Crippen LogP contribution in [0.3, 0.4) is 0 Å². The molecular weight excluding hydrogens is 458 g/mol. The number of hydrogen-bond acceptors (Lipinski definition) is 1. The van der Waals surface area contributed by atoms with Gasteiger partial charge in [-0.25, -0.2) is 0 Å². The van der Waals surface area contributed by atoms with Crippen molar-refractivity contribution >= 4 is 11.3 Å². The van der Waals surface area contributed by atoms with Crippen molar-refractivity contribution in [2.24, 2.45) is 5.92 Å². The second-order valence-corrected chi connectivity index (χ2v) is 12.1. The van der Waals surface area contributed by atoms with E-state index in [1.165, 1.54) is 77.6 Å². The molecule has 1 heteroatoms. The molecule has 3 unspecified atom stereocenters. The third-order valence-corrected chi connectivity index (χ3v) is 8.93. The summed E-state index contributed by atoms with van der Waals surface area (Å²) in [6.07, 6.45) is 11.2. The fourth-order valence-electron chi connectivity index (χ4n) is 7.30. The molecule has 2 aliphatic rings. The lowest BCUT2D eigenvalue weighted by Gasteiger charge is -2.51. The van der Waals surface area contributed by atoms with Crippen molar-refractivity contribution < 1.29 is 0 Å². The summed E-state index contributed by atoms with van der Waals surface area (Å²) in [5.74, 6) is 1.19. The van der Waals surface area contributed by atoms with Crippen molar-refractivity contribution in [3.63, 3.8) is 0 Å². The van der Waals surface area contributed by atoms with Crippen LogP contribution < -0.4 is 4.90 Å². The van der Waals surface area contributed by atoms with Gasteiger partial charge in [-0.05, 0) is 96.0 Å². The predicted octanol–water partition coefficient (Wildman–Crippen LogP) is 10.7. The zero-order valence-electron chi connectivity index (χ0n) is 24.6. The molecule has 0 fully saturated rings. The summed E-state index contributed by atoms with van der Waals surface area (Å²) in [6, 6.07) is 24.1. The van der Waals surface area contributed by atoms with Gasteiger partial charge in [0.05, 0.1) is 6.04 Å². The third-order valence-electron chi connectivity index (χ3n) is 8.93. The fraction of sp³-hybridized carbons (Fsp3) is 0.459. The van der Waals surface area contributed by atoms with Crippen molar-refractivity contribution in [2.75, 3.05) is 4.90 Å². The van der Waals surface area contributed by atoms with E-state index in [1.807, 2.05) is 0 Å². The molecule has 0 aromatic heterocycles. The van der Waals surface area contributed by atoms with E-state index < -0.39 is 0 Å². The molecule has 3 aromatic carbocycles. The minimum Gasteiger partial charge on any atom is -0.357 e. The molecule has 38 heavy (non-hydrogen) atoms. The lowest BCUT2D eigenvalue weighted by molar-refractivity contribution is 0.414.